The summed E-state index contributed by atoms with van der Waals surface area (Å²) in [5.41, 5.74) is 0.788. The van der Waals surface area contributed by atoms with Crippen LogP contribution < -0.4 is 33.3 Å². The van der Waals surface area contributed by atoms with E-state index in [0.717, 1.165) is 36.4 Å². The Morgan fingerprint density at radius 2 is 1.45 bits per heavy atom. The fraction of sp³-hybridized carbons (Fsp3) is 0.444. The van der Waals surface area contributed by atoms with Gasteiger partial charge in [-0.25, -0.2) is 8.42 Å². The molecule has 1 aliphatic carbocycles. The van der Waals surface area contributed by atoms with Crippen molar-refractivity contribution in [2.75, 3.05) is 46.4 Å². The molecular weight excluding hydrogens is 650 g/mol. The zero-order valence-electron chi connectivity index (χ0n) is 29.1. The molecule has 3 aromatic rings. The van der Waals surface area contributed by atoms with Crippen LogP contribution in [0.15, 0.2) is 65.6 Å². The maximum Gasteiger partial charge on any atom is 0.265 e. The Morgan fingerprint density at radius 3 is 2.08 bits per heavy atom. The minimum Gasteiger partial charge on any atom is -0.497 e. The summed E-state index contributed by atoms with van der Waals surface area (Å²) in [4.78, 5) is 29.8. The largest absolute Gasteiger partial charge is 0.497 e. The molecule has 1 N–H and O–H groups in total. The number of rotatable bonds is 16. The molecule has 0 aromatic heterocycles. The molecule has 0 aliphatic heterocycles. The van der Waals surface area contributed by atoms with E-state index in [1.807, 2.05) is 13.0 Å². The fourth-order valence-electron chi connectivity index (χ4n) is 6.04. The van der Waals surface area contributed by atoms with E-state index in [1.165, 1.54) is 57.6 Å². The summed E-state index contributed by atoms with van der Waals surface area (Å²) in [5.74, 6) is 0.783. The number of carbonyl (C=O) groups is 2. The summed E-state index contributed by atoms with van der Waals surface area (Å²) >= 11 is 0. The first kappa shape index (κ1) is 37.2. The Bertz CT molecular complexity index is 1690. The predicted molar refractivity (Wildman–Crippen MR) is 186 cm³/mol. The SMILES string of the molecule is CC[C@H](C(=O)NC1CCCCC1)N(Cc1cccc(OC)c1)C(=O)CN(c1cc(OC)ccc1OC)S(=O)(=O)c1ccc(OC)c(OC)c1. The number of anilines is 1. The van der Waals surface area contributed by atoms with E-state index in [0.29, 0.717) is 29.2 Å². The van der Waals surface area contributed by atoms with Crippen LogP contribution >= 0.6 is 0 Å². The summed E-state index contributed by atoms with van der Waals surface area (Å²) in [7, 11) is 2.80. The van der Waals surface area contributed by atoms with Gasteiger partial charge in [0.05, 0.1) is 46.1 Å². The zero-order chi connectivity index (χ0) is 35.6. The van der Waals surface area contributed by atoms with Gasteiger partial charge in [-0.1, -0.05) is 38.3 Å². The summed E-state index contributed by atoms with van der Waals surface area (Å²) in [6, 6.07) is 15.2. The number of sulfonamides is 1. The maximum atomic E-state index is 14.6. The van der Waals surface area contributed by atoms with Crippen LogP contribution in [-0.2, 0) is 26.2 Å². The molecule has 0 saturated heterocycles. The molecule has 4 rings (SSSR count). The van der Waals surface area contributed by atoms with Gasteiger partial charge in [-0.2, -0.15) is 0 Å². The van der Waals surface area contributed by atoms with Crippen LogP contribution in [0.25, 0.3) is 0 Å². The van der Waals surface area contributed by atoms with Gasteiger partial charge in [0.2, 0.25) is 11.8 Å². The molecule has 1 saturated carbocycles. The third kappa shape index (κ3) is 8.88. The van der Waals surface area contributed by atoms with Crippen molar-refractivity contribution in [2.24, 2.45) is 0 Å². The quantitative estimate of drug-likeness (QED) is 0.215. The summed E-state index contributed by atoms with van der Waals surface area (Å²) in [6.07, 6.45) is 5.23. The lowest BCUT2D eigenvalue weighted by Crippen LogP contribution is -2.54. The number of nitrogens with zero attached hydrogens (tertiary/aromatic N) is 2. The molecule has 2 amide bonds. The van der Waals surface area contributed by atoms with Crippen molar-refractivity contribution >= 4 is 27.5 Å². The van der Waals surface area contributed by atoms with Gasteiger partial charge in [0.25, 0.3) is 10.0 Å². The molecule has 12 nitrogen and oxygen atoms in total. The second kappa shape index (κ2) is 17.1. The van der Waals surface area contributed by atoms with Crippen molar-refractivity contribution in [3.63, 3.8) is 0 Å². The first-order chi connectivity index (χ1) is 23.6. The van der Waals surface area contributed by atoms with Gasteiger partial charge in [-0.3, -0.25) is 13.9 Å². The summed E-state index contributed by atoms with van der Waals surface area (Å²) in [5, 5.41) is 3.16. The Kier molecular flexibility index (Phi) is 13.0. The van der Waals surface area contributed by atoms with Crippen molar-refractivity contribution in [1.29, 1.82) is 0 Å². The lowest BCUT2D eigenvalue weighted by molar-refractivity contribution is -0.140. The highest BCUT2D eigenvalue weighted by atomic mass is 32.2. The average molecular weight is 698 g/mol. The molecule has 266 valence electrons. The third-order valence-corrected chi connectivity index (χ3v) is 10.5. The molecule has 49 heavy (non-hydrogen) atoms. The second-order valence-electron chi connectivity index (χ2n) is 11.7. The zero-order valence-corrected chi connectivity index (χ0v) is 29.9. The van der Waals surface area contributed by atoms with Gasteiger partial charge in [0.15, 0.2) is 11.5 Å². The van der Waals surface area contributed by atoms with Crippen molar-refractivity contribution in [2.45, 2.75) is 69.0 Å². The molecule has 13 heteroatoms. The molecule has 1 atom stereocenters. The normalized spacial score (nSPS) is 13.9. The predicted octanol–water partition coefficient (Wildman–Crippen LogP) is 5.18. The highest BCUT2D eigenvalue weighted by Crippen LogP contribution is 2.38. The van der Waals surface area contributed by atoms with Crippen molar-refractivity contribution in [1.82, 2.24) is 10.2 Å². The van der Waals surface area contributed by atoms with E-state index in [4.69, 9.17) is 23.7 Å². The molecule has 0 heterocycles. The van der Waals surface area contributed by atoms with Gasteiger partial charge in [0.1, 0.15) is 29.8 Å². The molecular formula is C36H47N3O9S. The van der Waals surface area contributed by atoms with E-state index in [9.17, 15) is 18.0 Å². The van der Waals surface area contributed by atoms with Crippen LogP contribution in [-0.4, -0.2) is 79.3 Å². The van der Waals surface area contributed by atoms with Gasteiger partial charge >= 0.3 is 0 Å². The highest BCUT2D eigenvalue weighted by Gasteiger charge is 2.36. The fourth-order valence-corrected chi connectivity index (χ4v) is 7.47. The van der Waals surface area contributed by atoms with Crippen molar-refractivity contribution < 1.29 is 41.7 Å². The van der Waals surface area contributed by atoms with Crippen LogP contribution in [0.5, 0.6) is 28.7 Å². The van der Waals surface area contributed by atoms with Gasteiger partial charge in [-0.15, -0.1) is 0 Å². The standard InChI is InChI=1S/C36H47N3O9S/c1-7-30(36(41)37-26-13-9-8-10-14-26)38(23-25-12-11-15-27(20-25)44-2)35(40)24-39(31-21-28(45-3)16-18-32(31)46-4)49(42,43)29-17-19-33(47-5)34(22-29)48-6/h11-12,15-22,26,30H,7-10,13-14,23-24H2,1-6H3,(H,37,41)/t30-/m1/s1. The number of nitrogens with one attached hydrogen (secondary N) is 1. The molecule has 0 radical (unpaired) electrons. The molecule has 0 bridgehead atoms. The van der Waals surface area contributed by atoms with Gasteiger partial charge in [0, 0.05) is 24.7 Å². The Balaban J connectivity index is 1.82. The smallest absolute Gasteiger partial charge is 0.265 e. The average Bonchev–Trinajstić information content (AvgIpc) is 3.13. The topological polar surface area (TPSA) is 133 Å². The first-order valence-electron chi connectivity index (χ1n) is 16.3. The number of hydrogen-bond donors (Lipinski definition) is 1. The number of methoxy groups -OCH3 is 5. The molecule has 1 fully saturated rings. The molecule has 3 aromatic carbocycles. The van der Waals surface area contributed by atoms with E-state index in [2.05, 4.69) is 5.32 Å². The maximum absolute atomic E-state index is 14.6. The van der Waals surface area contributed by atoms with Crippen LogP contribution in [0, 0.1) is 0 Å². The van der Waals surface area contributed by atoms with E-state index < -0.39 is 28.5 Å². The van der Waals surface area contributed by atoms with Crippen molar-refractivity contribution in [3.8, 4) is 28.7 Å². The van der Waals surface area contributed by atoms with Crippen LogP contribution in [0.2, 0.25) is 0 Å². The summed E-state index contributed by atoms with van der Waals surface area (Å²) in [6.45, 7) is 1.21. The molecule has 0 spiro atoms. The monoisotopic (exact) mass is 697 g/mol. The van der Waals surface area contributed by atoms with E-state index in [1.54, 1.807) is 37.4 Å². The number of benzene rings is 3. The van der Waals surface area contributed by atoms with E-state index >= 15 is 0 Å². The lowest BCUT2D eigenvalue weighted by atomic mass is 9.95. The van der Waals surface area contributed by atoms with Crippen LogP contribution in [0.3, 0.4) is 0 Å². The minimum atomic E-state index is -4.46. The van der Waals surface area contributed by atoms with Gasteiger partial charge < -0.3 is 33.9 Å². The third-order valence-electron chi connectivity index (χ3n) is 8.70. The number of ether oxygens (including phenoxy) is 5. The lowest BCUT2D eigenvalue weighted by Gasteiger charge is -2.34. The Labute approximate surface area is 289 Å². The van der Waals surface area contributed by atoms with Crippen molar-refractivity contribution in [3.05, 3.63) is 66.2 Å². The second-order valence-corrected chi connectivity index (χ2v) is 13.6. The minimum absolute atomic E-state index is 0.0204. The van der Waals surface area contributed by atoms with Crippen LogP contribution in [0.1, 0.15) is 51.0 Å². The van der Waals surface area contributed by atoms with Crippen LogP contribution in [0.4, 0.5) is 5.69 Å². The number of hydrogen-bond acceptors (Lipinski definition) is 9. The number of amides is 2. The highest BCUT2D eigenvalue weighted by molar-refractivity contribution is 7.92. The molecule has 0 unspecified atom stereocenters. The molecule has 1 aliphatic rings. The number of carbonyl (C=O) groups excluding carboxylic acids is 2. The van der Waals surface area contributed by atoms with Gasteiger partial charge in [-0.05, 0) is 61.2 Å². The summed E-state index contributed by atoms with van der Waals surface area (Å²) < 4.78 is 57.3. The first-order valence-corrected chi connectivity index (χ1v) is 17.7. The Morgan fingerprint density at radius 1 is 0.796 bits per heavy atom. The van der Waals surface area contributed by atoms with E-state index in [-0.39, 0.29) is 40.6 Å². The Hall–Kier alpha value is -4.65.